The summed E-state index contributed by atoms with van der Waals surface area (Å²) in [7, 11) is 0. The highest BCUT2D eigenvalue weighted by Crippen LogP contribution is 2.17. The van der Waals surface area contributed by atoms with Crippen LogP contribution in [0.3, 0.4) is 0 Å². The molecule has 0 spiro atoms. The molecule has 31 N–H and O–H groups in total. The molecule has 0 aromatic carbocycles. The second-order valence-electron chi connectivity index (χ2n) is 32.2. The minimum atomic E-state index is -5.08. The van der Waals surface area contributed by atoms with Crippen molar-refractivity contribution in [2.24, 2.45) is 67.9 Å². The Kier molecular flexibility index (Phi) is 60.5. The van der Waals surface area contributed by atoms with Gasteiger partial charge in [0.25, 0.3) is 0 Å². The lowest BCUT2D eigenvalue weighted by Crippen LogP contribution is -2.61. The van der Waals surface area contributed by atoms with Crippen molar-refractivity contribution >= 4 is 118 Å². The van der Waals surface area contributed by atoms with Crippen molar-refractivity contribution in [1.82, 2.24) is 69.1 Å². The van der Waals surface area contributed by atoms with Gasteiger partial charge in [-0.05, 0) is 148 Å². The van der Waals surface area contributed by atoms with E-state index in [1.807, 2.05) is 0 Å². The third kappa shape index (κ3) is 55.7. The van der Waals surface area contributed by atoms with Gasteiger partial charge in [-0.25, -0.2) is 9.59 Å². The Morgan fingerprint density at radius 1 is 0.323 bits per heavy atom. The fraction of sp³-hybridized carbons (Fsp3) is 0.750. The molecule has 0 rings (SSSR count). The van der Waals surface area contributed by atoms with Crippen molar-refractivity contribution in [1.29, 1.82) is 0 Å². The Labute approximate surface area is 738 Å². The Morgan fingerprint density at radius 2 is 0.630 bits per heavy atom. The summed E-state index contributed by atoms with van der Waals surface area (Å²) in [4.78, 5) is 247. The number of hydrogen-bond acceptors (Lipinski definition) is 22. The van der Waals surface area contributed by atoms with Crippen LogP contribution >= 0.6 is 0 Å². The molecule has 0 saturated carbocycles. The molecule has 0 fully saturated rings. The fourth-order valence-electron chi connectivity index (χ4n) is 12.3. The van der Waals surface area contributed by atoms with Gasteiger partial charge < -0.3 is 130 Å². The molecule has 0 bridgehead atoms. The van der Waals surface area contributed by atoms with Crippen molar-refractivity contribution in [2.75, 3.05) is 26.2 Å². The average molecular weight is 1820 g/mol. The van der Waals surface area contributed by atoms with Crippen LogP contribution in [0.15, 0.2) is 9.98 Å². The molecule has 0 aliphatic rings. The zero-order valence-corrected chi connectivity index (χ0v) is 74.8. The Bertz CT molecular complexity index is 3570. The van der Waals surface area contributed by atoms with Gasteiger partial charge in [0.2, 0.25) is 82.7 Å². The molecule has 127 heavy (non-hydrogen) atoms. The van der Waals surface area contributed by atoms with Crippen LogP contribution in [0.2, 0.25) is 0 Å². The molecule has 14 amide bonds. The van der Waals surface area contributed by atoms with E-state index in [2.05, 4.69) is 86.0 Å². The largest absolute Gasteiger partial charge is 0.490 e. The molecule has 44 nitrogen and oxygen atoms in total. The molecule has 13 atom stereocenters. The van der Waals surface area contributed by atoms with Crippen molar-refractivity contribution in [3.05, 3.63) is 0 Å². The van der Waals surface area contributed by atoms with Gasteiger partial charge in [-0.3, -0.25) is 86.7 Å². The molecule has 0 aliphatic carbocycles. The smallest absolute Gasteiger partial charge is 0.481 e. The highest BCUT2D eigenvalue weighted by Gasteiger charge is 2.40. The summed E-state index contributed by atoms with van der Waals surface area (Å²) in [6.07, 6.45) is 5.17. The third-order valence-electron chi connectivity index (χ3n) is 19.4. The Balaban J connectivity index is 0. The number of unbranched alkanes of at least 4 members (excludes halogenated alkanes) is 12. The summed E-state index contributed by atoms with van der Waals surface area (Å²) in [6.45, 7) is 16.1. The van der Waals surface area contributed by atoms with Crippen molar-refractivity contribution in [3.63, 3.8) is 0 Å². The first kappa shape index (κ1) is 118. The average Bonchev–Trinajstić information content (AvgIpc) is 0.859. The van der Waals surface area contributed by atoms with Crippen LogP contribution in [0.4, 0.5) is 13.2 Å². The maximum Gasteiger partial charge on any atom is 0.490 e. The van der Waals surface area contributed by atoms with E-state index in [0.29, 0.717) is 38.6 Å². The van der Waals surface area contributed by atoms with Crippen molar-refractivity contribution in [3.8, 4) is 0 Å². The highest BCUT2D eigenvalue weighted by atomic mass is 19.4. The van der Waals surface area contributed by atoms with E-state index in [0.717, 1.165) is 32.6 Å². The number of aliphatic carboxylic acids is 4. The van der Waals surface area contributed by atoms with Crippen LogP contribution in [0.5, 0.6) is 0 Å². The van der Waals surface area contributed by atoms with Crippen LogP contribution in [-0.4, -0.2) is 250 Å². The Morgan fingerprint density at radius 3 is 0.969 bits per heavy atom. The monoisotopic (exact) mass is 1820 g/mol. The SMILES string of the molecule is CCCCCCCCCCCCCC(=O)NC(CCCCN)C(=O)NC(CCCCN)C(=O)NC(C)C(=O)NC(CC(C)C)C(=O)NC(CCCN=C(N)N)C(=O)NC(CCCN=C(N)N)C(=O)NC(CCC(N)=O)C(=O)NC(CCC(=O)O)C(=O)NC(C)C(=O)NC(C(=O)NC(CC(=O)O)C(=O)NC(C)C(=O)NC(CC(C)C)C(=O)O)C(C)C.O=C(O)C(F)(F)F. The normalized spacial score (nSPS) is 14.2. The van der Waals surface area contributed by atoms with E-state index < -0.39 is 223 Å². The topological polar surface area (TPSA) is 751 Å². The van der Waals surface area contributed by atoms with Gasteiger partial charge in [0.15, 0.2) is 11.9 Å². The van der Waals surface area contributed by atoms with E-state index >= 15 is 0 Å². The van der Waals surface area contributed by atoms with Crippen LogP contribution in [0.25, 0.3) is 0 Å². The number of aliphatic imine (C=N–C) groups is 2. The quantitative estimate of drug-likeness (QED) is 0.0187. The number of rotatable bonds is 67. The summed E-state index contributed by atoms with van der Waals surface area (Å²) >= 11 is 0. The van der Waals surface area contributed by atoms with Crippen LogP contribution in [-0.2, 0) is 86.3 Å². The van der Waals surface area contributed by atoms with E-state index in [9.17, 15) is 110 Å². The molecule has 726 valence electrons. The van der Waals surface area contributed by atoms with E-state index in [1.54, 1.807) is 27.7 Å². The zero-order chi connectivity index (χ0) is 97.2. The number of primary amides is 1. The number of alkyl halides is 3. The van der Waals surface area contributed by atoms with Gasteiger partial charge in [-0.1, -0.05) is 113 Å². The standard InChI is InChI=1S/C78H142N22O20.C2HF3O2/c1-11-12-13-14-15-16-17-18-19-20-21-32-60(102)91-50(28-22-24-37-79)69(112)92-51(29-23-25-38-80)67(110)88-47(8)64(107)97-56(41-44(2)3)74(117)94-53(31-27-40-87-78(84)85)70(113)93-52(30-26-39-86-77(82)83)71(114)95-54(33-35-59(81)101)72(115)96-55(34-36-61(103)104)68(111)89-49(10)66(109)100-63(46(6)7)75(118)98-57(43-62(105)106)73(116)90-48(9)65(108)99-58(76(119)120)42-45(4)5;3-2(4,5)1(6)7/h44-58,63H,11-43,79-80H2,1-10H3,(H2,81,101)(H,88,110)(H,89,111)(H,90,116)(H,91,102)(H,92,112)(H,93,113)(H,94,117)(H,95,114)(H,96,115)(H,97,107)(H,98,118)(H,99,108)(H,100,109)(H,103,104)(H,105,106)(H,119,120)(H4,82,83,86)(H4,84,85,87);(H,6,7). The lowest BCUT2D eigenvalue weighted by atomic mass is 10.0. The van der Waals surface area contributed by atoms with Crippen molar-refractivity contribution in [2.45, 2.75) is 340 Å². The minimum Gasteiger partial charge on any atom is -0.481 e. The molecule has 0 saturated heterocycles. The number of guanidine groups is 2. The number of nitrogens with zero attached hydrogens (tertiary/aromatic N) is 2. The third-order valence-corrected chi connectivity index (χ3v) is 19.4. The van der Waals surface area contributed by atoms with Gasteiger partial charge in [0.1, 0.15) is 78.5 Å². The molecule has 0 aromatic heterocycles. The molecular weight excluding hydrogens is 1680 g/mol. The van der Waals surface area contributed by atoms with Crippen LogP contribution < -0.4 is 109 Å². The zero-order valence-electron chi connectivity index (χ0n) is 74.8. The van der Waals surface area contributed by atoms with Gasteiger partial charge in [0, 0.05) is 32.4 Å². The van der Waals surface area contributed by atoms with Gasteiger partial charge in [-0.15, -0.1) is 0 Å². The lowest BCUT2D eigenvalue weighted by Gasteiger charge is -2.28. The van der Waals surface area contributed by atoms with Crippen molar-refractivity contribution < 1.29 is 120 Å². The number of hydrogen-bond donors (Lipinski definition) is 24. The number of carbonyl (C=O) groups excluding carboxylic acids is 14. The first-order chi connectivity index (χ1) is 59.4. The fourth-order valence-corrected chi connectivity index (χ4v) is 12.3. The first-order valence-electron chi connectivity index (χ1n) is 43.1. The molecule has 0 aliphatic heterocycles. The Hall–Kier alpha value is -11.3. The molecule has 47 heteroatoms. The summed E-state index contributed by atoms with van der Waals surface area (Å²) in [5, 5.41) is 68.5. The number of halogens is 3. The number of nitrogens with two attached hydrogens (primary N) is 7. The molecular formula is C80H143F3N22O22. The van der Waals surface area contributed by atoms with Gasteiger partial charge in [-0.2, -0.15) is 13.2 Å². The number of carboxylic acids is 4. The maximum atomic E-state index is 14.7. The number of carbonyl (C=O) groups is 18. The van der Waals surface area contributed by atoms with Crippen LogP contribution in [0, 0.1) is 17.8 Å². The second kappa shape index (κ2) is 65.3. The predicted molar refractivity (Wildman–Crippen MR) is 461 cm³/mol. The van der Waals surface area contributed by atoms with E-state index in [-0.39, 0.29) is 107 Å². The first-order valence-corrected chi connectivity index (χ1v) is 43.1. The summed E-state index contributed by atoms with van der Waals surface area (Å²) in [5.41, 5.74) is 39.4. The molecule has 0 aromatic rings. The van der Waals surface area contributed by atoms with Crippen LogP contribution in [0.1, 0.15) is 255 Å². The second-order valence-corrected chi connectivity index (χ2v) is 32.2. The highest BCUT2D eigenvalue weighted by molar-refractivity contribution is 6.01. The van der Waals surface area contributed by atoms with Gasteiger partial charge >= 0.3 is 30.1 Å². The molecule has 0 radical (unpaired) electrons. The van der Waals surface area contributed by atoms with E-state index in [4.69, 9.17) is 50.0 Å². The number of nitrogens with one attached hydrogen (secondary N) is 13. The predicted octanol–water partition coefficient (Wildman–Crippen LogP) is -1.51. The van der Waals surface area contributed by atoms with Gasteiger partial charge in [0.05, 0.1) is 6.42 Å². The maximum absolute atomic E-state index is 14.7. The summed E-state index contributed by atoms with van der Waals surface area (Å²) < 4.78 is 31.7. The number of amides is 14. The molecule has 13 unspecified atom stereocenters. The summed E-state index contributed by atoms with van der Waals surface area (Å²) in [6, 6.07) is -19.7. The molecule has 0 heterocycles. The summed E-state index contributed by atoms with van der Waals surface area (Å²) in [5.74, 6) is -22.4. The number of carboxylic acid groups (broad SMARTS) is 4. The minimum absolute atomic E-state index is 0.0126. The lowest BCUT2D eigenvalue weighted by molar-refractivity contribution is -0.192. The van der Waals surface area contributed by atoms with E-state index in [1.165, 1.54) is 66.2 Å².